The summed E-state index contributed by atoms with van der Waals surface area (Å²) in [5.41, 5.74) is 0. The molecule has 1 unspecified atom stereocenters. The second-order valence-electron chi connectivity index (χ2n) is 5.06. The van der Waals surface area contributed by atoms with Crippen LogP contribution in [-0.2, 0) is 9.47 Å². The maximum Gasteiger partial charge on any atom is 0.170 e. The SMILES string of the molecule is CC[C@@H]1CCC2(C[C@@H](O)[C@@H](CO)CO2)OC1. The van der Waals surface area contributed by atoms with Crippen molar-refractivity contribution in [1.29, 1.82) is 0 Å². The van der Waals surface area contributed by atoms with E-state index in [0.717, 1.165) is 25.9 Å². The van der Waals surface area contributed by atoms with Crippen molar-refractivity contribution in [3.05, 3.63) is 0 Å². The smallest absolute Gasteiger partial charge is 0.170 e. The molecule has 2 heterocycles. The summed E-state index contributed by atoms with van der Waals surface area (Å²) in [5, 5.41) is 18.9. The summed E-state index contributed by atoms with van der Waals surface area (Å²) in [5.74, 6) is -0.100. The number of hydrogen-bond acceptors (Lipinski definition) is 4. The second kappa shape index (κ2) is 5.00. The monoisotopic (exact) mass is 230 g/mol. The minimum absolute atomic E-state index is 0.0190. The largest absolute Gasteiger partial charge is 0.396 e. The van der Waals surface area contributed by atoms with Crippen molar-refractivity contribution >= 4 is 0 Å². The lowest BCUT2D eigenvalue weighted by molar-refractivity contribution is -0.307. The lowest BCUT2D eigenvalue weighted by atomic mass is 9.86. The van der Waals surface area contributed by atoms with Crippen molar-refractivity contribution < 1.29 is 19.7 Å². The molecule has 2 N–H and O–H groups in total. The number of ether oxygens (including phenoxy) is 2. The molecule has 0 bridgehead atoms. The topological polar surface area (TPSA) is 58.9 Å². The summed E-state index contributed by atoms with van der Waals surface area (Å²) < 4.78 is 11.5. The zero-order valence-corrected chi connectivity index (χ0v) is 9.89. The Morgan fingerprint density at radius 1 is 1.31 bits per heavy atom. The van der Waals surface area contributed by atoms with Crippen molar-refractivity contribution in [3.63, 3.8) is 0 Å². The van der Waals surface area contributed by atoms with Crippen LogP contribution < -0.4 is 0 Å². The Labute approximate surface area is 96.6 Å². The van der Waals surface area contributed by atoms with Crippen molar-refractivity contribution in [1.82, 2.24) is 0 Å². The van der Waals surface area contributed by atoms with Gasteiger partial charge in [-0.25, -0.2) is 0 Å². The minimum Gasteiger partial charge on any atom is -0.396 e. The summed E-state index contributed by atoms with van der Waals surface area (Å²) in [6, 6.07) is 0. The van der Waals surface area contributed by atoms with Crippen LogP contribution in [0.4, 0.5) is 0 Å². The van der Waals surface area contributed by atoms with E-state index in [4.69, 9.17) is 14.6 Å². The Hall–Kier alpha value is -0.160. The molecule has 2 aliphatic heterocycles. The fourth-order valence-electron chi connectivity index (χ4n) is 2.53. The maximum atomic E-state index is 9.89. The number of aliphatic hydroxyl groups excluding tert-OH is 2. The van der Waals surface area contributed by atoms with E-state index in [0.29, 0.717) is 18.9 Å². The number of aliphatic hydroxyl groups is 2. The van der Waals surface area contributed by atoms with Crippen LogP contribution in [0.2, 0.25) is 0 Å². The third-order valence-electron chi connectivity index (χ3n) is 3.95. The molecule has 16 heavy (non-hydrogen) atoms. The molecule has 2 saturated heterocycles. The van der Waals surface area contributed by atoms with Gasteiger partial charge in [0.25, 0.3) is 0 Å². The average Bonchev–Trinajstić information content (AvgIpc) is 2.30. The first-order valence-corrected chi connectivity index (χ1v) is 6.26. The van der Waals surface area contributed by atoms with Gasteiger partial charge >= 0.3 is 0 Å². The first-order chi connectivity index (χ1) is 7.69. The van der Waals surface area contributed by atoms with Gasteiger partial charge in [0.15, 0.2) is 5.79 Å². The molecule has 0 aromatic carbocycles. The van der Waals surface area contributed by atoms with Crippen molar-refractivity contribution in [2.45, 2.75) is 44.5 Å². The molecule has 0 aliphatic carbocycles. The first-order valence-electron chi connectivity index (χ1n) is 6.26. The molecule has 1 spiro atoms. The lowest BCUT2D eigenvalue weighted by Crippen LogP contribution is -2.51. The zero-order chi connectivity index (χ0) is 11.6. The van der Waals surface area contributed by atoms with Crippen molar-refractivity contribution in [2.75, 3.05) is 19.8 Å². The molecule has 0 saturated carbocycles. The lowest BCUT2D eigenvalue weighted by Gasteiger charge is -2.45. The molecule has 2 fully saturated rings. The molecule has 0 aromatic rings. The minimum atomic E-state index is -0.573. The second-order valence-corrected chi connectivity index (χ2v) is 5.06. The summed E-state index contributed by atoms with van der Waals surface area (Å²) in [6.07, 6.45) is 3.09. The summed E-state index contributed by atoms with van der Waals surface area (Å²) in [4.78, 5) is 0. The molecule has 0 amide bonds. The van der Waals surface area contributed by atoms with Crippen LogP contribution in [0.5, 0.6) is 0 Å². The number of rotatable bonds is 2. The van der Waals surface area contributed by atoms with Crippen molar-refractivity contribution in [2.24, 2.45) is 11.8 Å². The van der Waals surface area contributed by atoms with E-state index >= 15 is 0 Å². The molecule has 94 valence electrons. The molecule has 4 nitrogen and oxygen atoms in total. The van der Waals surface area contributed by atoms with Gasteiger partial charge in [0, 0.05) is 18.8 Å². The Balaban J connectivity index is 1.91. The van der Waals surface area contributed by atoms with Crippen LogP contribution in [0.15, 0.2) is 0 Å². The molecule has 0 radical (unpaired) electrons. The highest BCUT2D eigenvalue weighted by Crippen LogP contribution is 2.38. The quantitative estimate of drug-likeness (QED) is 0.740. The van der Waals surface area contributed by atoms with Gasteiger partial charge in [0.2, 0.25) is 0 Å². The average molecular weight is 230 g/mol. The van der Waals surface area contributed by atoms with E-state index in [1.807, 2.05) is 0 Å². The van der Waals surface area contributed by atoms with Crippen LogP contribution in [0.1, 0.15) is 32.6 Å². The van der Waals surface area contributed by atoms with Crippen LogP contribution in [-0.4, -0.2) is 41.9 Å². The van der Waals surface area contributed by atoms with Crippen LogP contribution >= 0.6 is 0 Å². The maximum absolute atomic E-state index is 9.89. The van der Waals surface area contributed by atoms with Gasteiger partial charge in [-0.15, -0.1) is 0 Å². The van der Waals surface area contributed by atoms with Gasteiger partial charge in [-0.1, -0.05) is 13.3 Å². The summed E-state index contributed by atoms with van der Waals surface area (Å²) in [6.45, 7) is 3.28. The fraction of sp³-hybridized carbons (Fsp3) is 1.00. The third kappa shape index (κ3) is 2.40. The van der Waals surface area contributed by atoms with E-state index < -0.39 is 11.9 Å². The molecule has 2 rings (SSSR count). The van der Waals surface area contributed by atoms with Gasteiger partial charge in [-0.3, -0.25) is 0 Å². The highest BCUT2D eigenvalue weighted by atomic mass is 16.7. The van der Waals surface area contributed by atoms with Crippen LogP contribution in [0, 0.1) is 11.8 Å². The normalized spacial score (nSPS) is 44.8. The molecule has 0 aromatic heterocycles. The zero-order valence-electron chi connectivity index (χ0n) is 9.89. The Kier molecular flexibility index (Phi) is 3.85. The summed E-state index contributed by atoms with van der Waals surface area (Å²) >= 11 is 0. The first kappa shape index (κ1) is 12.3. The van der Waals surface area contributed by atoms with Gasteiger partial charge in [0.05, 0.1) is 25.9 Å². The van der Waals surface area contributed by atoms with E-state index in [-0.39, 0.29) is 12.5 Å². The van der Waals surface area contributed by atoms with E-state index in [9.17, 15) is 5.11 Å². The Bertz CT molecular complexity index is 218. The fourth-order valence-corrected chi connectivity index (χ4v) is 2.53. The van der Waals surface area contributed by atoms with E-state index in [2.05, 4.69) is 6.92 Å². The van der Waals surface area contributed by atoms with Crippen LogP contribution in [0.25, 0.3) is 0 Å². The molecule has 2 aliphatic rings. The number of hydrogen-bond donors (Lipinski definition) is 2. The Morgan fingerprint density at radius 3 is 2.56 bits per heavy atom. The van der Waals surface area contributed by atoms with Gasteiger partial charge in [0.1, 0.15) is 0 Å². The van der Waals surface area contributed by atoms with Gasteiger partial charge < -0.3 is 19.7 Å². The van der Waals surface area contributed by atoms with E-state index in [1.54, 1.807) is 0 Å². The van der Waals surface area contributed by atoms with Crippen molar-refractivity contribution in [3.8, 4) is 0 Å². The molecule has 4 atom stereocenters. The van der Waals surface area contributed by atoms with E-state index in [1.165, 1.54) is 0 Å². The molecule has 4 heteroatoms. The summed E-state index contributed by atoms with van der Waals surface area (Å²) in [7, 11) is 0. The standard InChI is InChI=1S/C12H22O4/c1-2-9-3-4-12(15-7-9)5-11(14)10(6-13)8-16-12/h9-11,13-14H,2-8H2,1H3/t9-,10+,11-,12?/m1/s1. The predicted octanol–water partition coefficient (Wildman–Crippen LogP) is 0.909. The molecular formula is C12H22O4. The highest BCUT2D eigenvalue weighted by Gasteiger charge is 2.44. The third-order valence-corrected chi connectivity index (χ3v) is 3.95. The predicted molar refractivity (Wildman–Crippen MR) is 58.8 cm³/mol. The van der Waals surface area contributed by atoms with Crippen LogP contribution in [0.3, 0.4) is 0 Å². The highest BCUT2D eigenvalue weighted by molar-refractivity contribution is 4.87. The van der Waals surface area contributed by atoms with Gasteiger partial charge in [-0.05, 0) is 12.3 Å². The molecular weight excluding hydrogens is 208 g/mol. The Morgan fingerprint density at radius 2 is 2.06 bits per heavy atom. The van der Waals surface area contributed by atoms with Gasteiger partial charge in [-0.2, -0.15) is 0 Å².